The number of hydrogen-bond donors (Lipinski definition) is 2. The normalized spacial score (nSPS) is 12.8. The van der Waals surface area contributed by atoms with E-state index < -0.39 is 12.0 Å². The van der Waals surface area contributed by atoms with Crippen molar-refractivity contribution in [3.05, 3.63) is 12.3 Å². The number of aryl methyl sites for hydroxylation is 1. The van der Waals surface area contributed by atoms with Gasteiger partial charge in [-0.1, -0.05) is 0 Å². The number of thioether (sulfide) groups is 1. The van der Waals surface area contributed by atoms with Gasteiger partial charge in [0.25, 0.3) is 0 Å². The Morgan fingerprint density at radius 1 is 1.74 bits per heavy atom. The number of nitrogens with zero attached hydrogens (tertiary/aromatic N) is 2. The Morgan fingerprint density at radius 3 is 2.63 bits per heavy atom. The van der Waals surface area contributed by atoms with Crippen molar-refractivity contribution >= 4 is 24.0 Å². The average molecular weight is 289 g/mol. The van der Waals surface area contributed by atoms with E-state index in [9.17, 15) is 9.59 Å². The molecule has 0 amide bonds. The van der Waals surface area contributed by atoms with Gasteiger partial charge in [0, 0.05) is 13.1 Å². The van der Waals surface area contributed by atoms with Gasteiger partial charge in [-0.2, -0.15) is 16.9 Å². The number of nitrogens with two attached hydrogens (primary N) is 1. The Morgan fingerprint density at radius 2 is 2.37 bits per heavy atom. The Balaban J connectivity index is 0.000000388. The highest BCUT2D eigenvalue weighted by Crippen LogP contribution is 2.10. The zero-order chi connectivity index (χ0) is 14.8. The van der Waals surface area contributed by atoms with Crippen molar-refractivity contribution in [2.24, 2.45) is 12.8 Å². The number of aldehydes is 1. The maximum atomic E-state index is 10.8. The lowest BCUT2D eigenvalue weighted by Gasteiger charge is -2.11. The first-order valence-corrected chi connectivity index (χ1v) is 6.73. The third-order valence-electron chi connectivity index (χ3n) is 2.24. The number of ether oxygens (including phenoxy) is 1. The molecular formula is C11H19N3O4S. The molecule has 19 heavy (non-hydrogen) atoms. The molecule has 0 saturated carbocycles. The molecule has 8 heteroatoms. The van der Waals surface area contributed by atoms with E-state index in [1.54, 1.807) is 13.3 Å². The van der Waals surface area contributed by atoms with Gasteiger partial charge in [-0.05, 0) is 12.7 Å². The van der Waals surface area contributed by atoms with Crippen molar-refractivity contribution in [3.8, 4) is 5.88 Å². The monoisotopic (exact) mass is 289 g/mol. The molecular weight excluding hydrogens is 270 g/mol. The molecule has 2 unspecified atom stereocenters. The molecule has 7 nitrogen and oxygen atoms in total. The number of aromatic hydroxyl groups is 1. The highest BCUT2D eigenvalue weighted by atomic mass is 32.2. The third-order valence-corrected chi connectivity index (χ3v) is 3.15. The SMILES string of the molecule is COC(=O)C(N)CC(C=O)SC.Cn1nccc1O. The van der Waals surface area contributed by atoms with Gasteiger partial charge in [0.05, 0.1) is 18.6 Å². The number of carbonyl (C=O) groups is 2. The molecule has 0 spiro atoms. The van der Waals surface area contributed by atoms with Gasteiger partial charge in [-0.15, -0.1) is 0 Å². The highest BCUT2D eigenvalue weighted by molar-refractivity contribution is 7.99. The van der Waals surface area contributed by atoms with Crippen LogP contribution >= 0.6 is 11.8 Å². The molecule has 3 N–H and O–H groups in total. The highest BCUT2D eigenvalue weighted by Gasteiger charge is 2.18. The molecule has 1 heterocycles. The lowest BCUT2D eigenvalue weighted by atomic mass is 10.2. The molecule has 0 aliphatic heterocycles. The summed E-state index contributed by atoms with van der Waals surface area (Å²) in [6.07, 6.45) is 4.45. The number of carbonyl (C=O) groups excluding carboxylic acids is 2. The van der Waals surface area contributed by atoms with Crippen molar-refractivity contribution in [1.82, 2.24) is 9.78 Å². The molecule has 0 aliphatic rings. The van der Waals surface area contributed by atoms with Crippen LogP contribution in [-0.4, -0.2) is 51.8 Å². The molecule has 0 radical (unpaired) electrons. The summed E-state index contributed by atoms with van der Waals surface area (Å²) in [7, 11) is 2.95. The van der Waals surface area contributed by atoms with E-state index in [2.05, 4.69) is 9.84 Å². The van der Waals surface area contributed by atoms with Gasteiger partial charge in [-0.25, -0.2) is 4.68 Å². The van der Waals surface area contributed by atoms with E-state index in [-0.39, 0.29) is 11.1 Å². The molecule has 0 aromatic carbocycles. The topological polar surface area (TPSA) is 107 Å². The second-order valence-electron chi connectivity index (χ2n) is 3.59. The smallest absolute Gasteiger partial charge is 0.322 e. The molecule has 0 fully saturated rings. The Labute approximate surface area is 116 Å². The van der Waals surface area contributed by atoms with E-state index in [4.69, 9.17) is 10.8 Å². The van der Waals surface area contributed by atoms with E-state index in [0.29, 0.717) is 6.42 Å². The average Bonchev–Trinajstić information content (AvgIpc) is 2.79. The number of rotatable bonds is 5. The second-order valence-corrected chi connectivity index (χ2v) is 4.67. The van der Waals surface area contributed by atoms with E-state index in [1.807, 2.05) is 0 Å². The van der Waals surface area contributed by atoms with Gasteiger partial charge in [0.1, 0.15) is 12.3 Å². The zero-order valence-corrected chi connectivity index (χ0v) is 12.0. The maximum absolute atomic E-state index is 10.8. The summed E-state index contributed by atoms with van der Waals surface area (Å²) in [6, 6.07) is 0.831. The van der Waals surface area contributed by atoms with Crippen LogP contribution in [0.2, 0.25) is 0 Å². The lowest BCUT2D eigenvalue weighted by molar-refractivity contribution is -0.142. The fourth-order valence-corrected chi connectivity index (χ4v) is 1.58. The Kier molecular flexibility index (Phi) is 8.64. The first-order valence-electron chi connectivity index (χ1n) is 5.44. The number of aromatic nitrogens is 2. The summed E-state index contributed by atoms with van der Waals surface area (Å²) in [5.41, 5.74) is 5.43. The Hall–Kier alpha value is -1.54. The second kappa shape index (κ2) is 9.40. The first kappa shape index (κ1) is 17.5. The standard InChI is InChI=1S/C7H13NO3S.C4H6N2O/c1-11-7(10)6(8)3-5(4-9)12-2;1-6-4(7)2-3-5-6/h4-6H,3,8H2,1-2H3;2-3,7H,1H3. The van der Waals surface area contributed by atoms with Crippen LogP contribution in [0.15, 0.2) is 12.3 Å². The zero-order valence-electron chi connectivity index (χ0n) is 11.1. The number of methoxy groups -OCH3 is 1. The van der Waals surface area contributed by atoms with Crippen LogP contribution in [0.5, 0.6) is 5.88 Å². The number of esters is 1. The largest absolute Gasteiger partial charge is 0.493 e. The summed E-state index contributed by atoms with van der Waals surface area (Å²) >= 11 is 1.37. The van der Waals surface area contributed by atoms with E-state index in [1.165, 1.54) is 35.8 Å². The molecule has 1 aromatic rings. The van der Waals surface area contributed by atoms with Gasteiger partial charge in [0.2, 0.25) is 5.88 Å². The van der Waals surface area contributed by atoms with Crippen molar-refractivity contribution in [2.45, 2.75) is 17.7 Å². The third kappa shape index (κ3) is 6.82. The summed E-state index contributed by atoms with van der Waals surface area (Å²) in [4.78, 5) is 21.2. The number of hydrogen-bond acceptors (Lipinski definition) is 7. The predicted molar refractivity (Wildman–Crippen MR) is 72.8 cm³/mol. The maximum Gasteiger partial charge on any atom is 0.322 e. The molecule has 0 bridgehead atoms. The molecule has 1 rings (SSSR count). The quantitative estimate of drug-likeness (QED) is 0.577. The minimum atomic E-state index is -0.697. The van der Waals surface area contributed by atoms with Crippen LogP contribution in [0.1, 0.15) is 6.42 Å². The van der Waals surface area contributed by atoms with Crippen LogP contribution in [-0.2, 0) is 21.4 Å². The summed E-state index contributed by atoms with van der Waals surface area (Å²) in [5, 5.41) is 12.1. The van der Waals surface area contributed by atoms with Crippen LogP contribution in [0.25, 0.3) is 0 Å². The summed E-state index contributed by atoms with van der Waals surface area (Å²) in [5.74, 6) is -0.282. The van der Waals surface area contributed by atoms with Crippen LogP contribution in [0.4, 0.5) is 0 Å². The molecule has 108 valence electrons. The van der Waals surface area contributed by atoms with Crippen LogP contribution in [0, 0.1) is 0 Å². The van der Waals surface area contributed by atoms with Gasteiger partial charge in [-0.3, -0.25) is 4.79 Å². The predicted octanol–water partition coefficient (Wildman–Crippen LogP) is -0.0670. The Bertz CT molecular complexity index is 381. The first-order chi connectivity index (χ1) is 8.96. The van der Waals surface area contributed by atoms with Gasteiger partial charge >= 0.3 is 5.97 Å². The van der Waals surface area contributed by atoms with Crippen LogP contribution in [0.3, 0.4) is 0 Å². The van der Waals surface area contributed by atoms with E-state index >= 15 is 0 Å². The van der Waals surface area contributed by atoms with E-state index in [0.717, 1.165) is 6.29 Å². The summed E-state index contributed by atoms with van der Waals surface area (Å²) < 4.78 is 5.80. The fourth-order valence-electron chi connectivity index (χ4n) is 1.07. The lowest BCUT2D eigenvalue weighted by Crippen LogP contribution is -2.34. The minimum Gasteiger partial charge on any atom is -0.493 e. The van der Waals surface area contributed by atoms with Crippen molar-refractivity contribution in [1.29, 1.82) is 0 Å². The van der Waals surface area contributed by atoms with Crippen LogP contribution < -0.4 is 5.73 Å². The summed E-state index contributed by atoms with van der Waals surface area (Å²) in [6.45, 7) is 0. The van der Waals surface area contributed by atoms with Crippen molar-refractivity contribution in [3.63, 3.8) is 0 Å². The molecule has 1 aromatic heterocycles. The fraction of sp³-hybridized carbons (Fsp3) is 0.545. The molecule has 0 aliphatic carbocycles. The van der Waals surface area contributed by atoms with Gasteiger partial charge in [0.15, 0.2) is 0 Å². The molecule has 0 saturated heterocycles. The minimum absolute atomic E-state index is 0.194. The van der Waals surface area contributed by atoms with Crippen molar-refractivity contribution in [2.75, 3.05) is 13.4 Å². The van der Waals surface area contributed by atoms with Gasteiger partial charge < -0.3 is 20.4 Å². The molecule has 2 atom stereocenters. The van der Waals surface area contributed by atoms with Crippen molar-refractivity contribution < 1.29 is 19.4 Å².